The van der Waals surface area contributed by atoms with E-state index >= 15 is 0 Å². The molecule has 2 N–H and O–H groups in total. The Morgan fingerprint density at radius 2 is 1.58 bits per heavy atom. The normalized spacial score (nSPS) is 10.8. The first-order chi connectivity index (χ1) is 12.3. The second-order valence-electron chi connectivity index (χ2n) is 6.53. The molecule has 140 valence electrons. The lowest BCUT2D eigenvalue weighted by Gasteiger charge is -2.20. The highest BCUT2D eigenvalue weighted by Crippen LogP contribution is 2.39. The number of nitrogens with one attached hydrogen (secondary N) is 2. The van der Waals surface area contributed by atoms with E-state index in [0.29, 0.717) is 28.8 Å². The maximum atomic E-state index is 12.4. The number of ether oxygens (including phenoxy) is 3. The monoisotopic (exact) mass is 360 g/mol. The Labute approximate surface area is 152 Å². The predicted octanol–water partition coefficient (Wildman–Crippen LogP) is 2.97. The highest BCUT2D eigenvalue weighted by atomic mass is 16.5. The number of rotatable bonds is 6. The summed E-state index contributed by atoms with van der Waals surface area (Å²) >= 11 is 0. The van der Waals surface area contributed by atoms with Crippen LogP contribution in [0.25, 0.3) is 0 Å². The van der Waals surface area contributed by atoms with Crippen LogP contribution in [0, 0.1) is 0 Å². The summed E-state index contributed by atoms with van der Waals surface area (Å²) in [5.41, 5.74) is 0.538. The van der Waals surface area contributed by atoms with Crippen LogP contribution < -0.4 is 24.8 Å². The van der Waals surface area contributed by atoms with Crippen LogP contribution in [0.1, 0.15) is 31.3 Å². The number of aromatic nitrogens is 2. The van der Waals surface area contributed by atoms with Crippen molar-refractivity contribution in [2.45, 2.75) is 26.3 Å². The lowest BCUT2D eigenvalue weighted by molar-refractivity contribution is 0.102. The van der Waals surface area contributed by atoms with Gasteiger partial charge in [0.1, 0.15) is 11.5 Å². The Morgan fingerprint density at radius 3 is 2.00 bits per heavy atom. The molecule has 1 aromatic carbocycles. The Morgan fingerprint density at radius 1 is 0.962 bits per heavy atom. The molecule has 0 aliphatic heterocycles. The van der Waals surface area contributed by atoms with Crippen LogP contribution in [0.4, 0.5) is 11.5 Å². The Balaban J connectivity index is 2.19. The molecule has 1 aromatic heterocycles. The molecule has 0 aliphatic carbocycles. The van der Waals surface area contributed by atoms with Crippen molar-refractivity contribution in [3.05, 3.63) is 30.2 Å². The van der Waals surface area contributed by atoms with E-state index in [1.54, 1.807) is 12.1 Å². The molecular weight excluding hydrogens is 336 g/mol. The number of amides is 1. The van der Waals surface area contributed by atoms with Crippen molar-refractivity contribution in [2.24, 2.45) is 0 Å². The number of hydrogen-bond acceptors (Lipinski definition) is 7. The van der Waals surface area contributed by atoms with Gasteiger partial charge in [-0.05, 0) is 20.8 Å². The molecule has 0 spiro atoms. The van der Waals surface area contributed by atoms with E-state index in [1.165, 1.54) is 33.7 Å². The van der Waals surface area contributed by atoms with Gasteiger partial charge in [0, 0.05) is 23.4 Å². The van der Waals surface area contributed by atoms with Crippen LogP contribution >= 0.6 is 0 Å². The van der Waals surface area contributed by atoms with E-state index in [-0.39, 0.29) is 11.2 Å². The van der Waals surface area contributed by atoms with Gasteiger partial charge in [-0.1, -0.05) is 0 Å². The summed E-state index contributed by atoms with van der Waals surface area (Å²) in [7, 11) is 4.53. The molecule has 2 aromatic rings. The molecular formula is C18H24N4O4. The number of benzene rings is 1. The molecule has 0 fully saturated rings. The number of carbonyl (C=O) groups excluding carboxylic acids is 1. The predicted molar refractivity (Wildman–Crippen MR) is 99.5 cm³/mol. The Kier molecular flexibility index (Phi) is 5.86. The minimum Gasteiger partial charge on any atom is -0.493 e. The standard InChI is InChI=1S/C18H24N4O4/c1-18(2,3)22-15-10-19-12(9-20-15)17(23)21-11-7-13(24-4)16(26-6)14(8-11)25-5/h7-10H,1-6H3,(H,20,22)(H,21,23). The molecule has 2 rings (SSSR count). The summed E-state index contributed by atoms with van der Waals surface area (Å²) in [4.78, 5) is 20.8. The molecule has 0 aliphatic rings. The van der Waals surface area contributed by atoms with E-state index in [1.807, 2.05) is 20.8 Å². The second-order valence-corrected chi connectivity index (χ2v) is 6.53. The SMILES string of the molecule is COc1cc(NC(=O)c2cnc(NC(C)(C)C)cn2)cc(OC)c1OC. The smallest absolute Gasteiger partial charge is 0.275 e. The van der Waals surface area contributed by atoms with Crippen molar-refractivity contribution in [1.82, 2.24) is 9.97 Å². The van der Waals surface area contributed by atoms with E-state index in [0.717, 1.165) is 0 Å². The molecule has 0 saturated carbocycles. The maximum Gasteiger partial charge on any atom is 0.275 e. The van der Waals surface area contributed by atoms with Crippen LogP contribution in [-0.4, -0.2) is 42.7 Å². The first-order valence-corrected chi connectivity index (χ1v) is 7.99. The summed E-state index contributed by atoms with van der Waals surface area (Å²) < 4.78 is 15.8. The fraction of sp³-hybridized carbons (Fsp3) is 0.389. The van der Waals surface area contributed by atoms with Gasteiger partial charge in [-0.2, -0.15) is 0 Å². The van der Waals surface area contributed by atoms with Crippen molar-refractivity contribution in [1.29, 1.82) is 0 Å². The zero-order chi connectivity index (χ0) is 19.3. The molecule has 8 nitrogen and oxygen atoms in total. The number of methoxy groups -OCH3 is 3. The van der Waals surface area contributed by atoms with Crippen molar-refractivity contribution < 1.29 is 19.0 Å². The molecule has 0 radical (unpaired) electrons. The van der Waals surface area contributed by atoms with Crippen LogP contribution in [0.15, 0.2) is 24.5 Å². The minimum atomic E-state index is -0.394. The third-order valence-corrected chi connectivity index (χ3v) is 3.31. The van der Waals surface area contributed by atoms with Gasteiger partial charge >= 0.3 is 0 Å². The van der Waals surface area contributed by atoms with Gasteiger partial charge in [0.15, 0.2) is 11.5 Å². The largest absolute Gasteiger partial charge is 0.493 e. The van der Waals surface area contributed by atoms with E-state index in [2.05, 4.69) is 20.6 Å². The molecule has 8 heteroatoms. The van der Waals surface area contributed by atoms with Crippen LogP contribution in [-0.2, 0) is 0 Å². The molecule has 0 saturated heterocycles. The highest BCUT2D eigenvalue weighted by Gasteiger charge is 2.16. The zero-order valence-corrected chi connectivity index (χ0v) is 15.8. The van der Waals surface area contributed by atoms with E-state index < -0.39 is 5.91 Å². The van der Waals surface area contributed by atoms with E-state index in [4.69, 9.17) is 14.2 Å². The van der Waals surface area contributed by atoms with Crippen molar-refractivity contribution >= 4 is 17.4 Å². The third kappa shape index (κ3) is 4.75. The van der Waals surface area contributed by atoms with Gasteiger partial charge < -0.3 is 24.8 Å². The quantitative estimate of drug-likeness (QED) is 0.818. The molecule has 0 unspecified atom stereocenters. The Hall–Kier alpha value is -3.03. The summed E-state index contributed by atoms with van der Waals surface area (Å²) in [6.45, 7) is 6.04. The molecule has 0 bridgehead atoms. The van der Waals surface area contributed by atoms with Gasteiger partial charge in [-0.3, -0.25) is 4.79 Å². The Bertz CT molecular complexity index is 745. The number of nitrogens with zero attached hydrogens (tertiary/aromatic N) is 2. The summed E-state index contributed by atoms with van der Waals surface area (Å²) in [5.74, 6) is 1.54. The fourth-order valence-electron chi connectivity index (χ4n) is 2.24. The molecule has 0 atom stereocenters. The van der Waals surface area contributed by atoms with Gasteiger partial charge in [-0.15, -0.1) is 0 Å². The molecule has 1 amide bonds. The summed E-state index contributed by atoms with van der Waals surface area (Å²) in [5, 5.41) is 5.94. The van der Waals surface area contributed by atoms with Crippen molar-refractivity contribution in [2.75, 3.05) is 32.0 Å². The van der Waals surface area contributed by atoms with E-state index in [9.17, 15) is 4.79 Å². The lowest BCUT2D eigenvalue weighted by atomic mass is 10.1. The maximum absolute atomic E-state index is 12.4. The molecule has 1 heterocycles. The summed E-state index contributed by atoms with van der Waals surface area (Å²) in [6.07, 6.45) is 2.94. The topological polar surface area (TPSA) is 94.6 Å². The molecule has 26 heavy (non-hydrogen) atoms. The average molecular weight is 360 g/mol. The van der Waals surface area contributed by atoms with Crippen LogP contribution in [0.3, 0.4) is 0 Å². The van der Waals surface area contributed by atoms with Crippen molar-refractivity contribution in [3.63, 3.8) is 0 Å². The van der Waals surface area contributed by atoms with Gasteiger partial charge in [0.25, 0.3) is 5.91 Å². The highest BCUT2D eigenvalue weighted by molar-refractivity contribution is 6.03. The number of anilines is 2. The number of hydrogen-bond donors (Lipinski definition) is 2. The van der Waals surface area contributed by atoms with Crippen LogP contribution in [0.2, 0.25) is 0 Å². The lowest BCUT2D eigenvalue weighted by Crippen LogP contribution is -2.27. The number of carbonyl (C=O) groups is 1. The fourth-order valence-corrected chi connectivity index (χ4v) is 2.24. The average Bonchev–Trinajstić information content (AvgIpc) is 2.59. The second kappa shape index (κ2) is 7.90. The first-order valence-electron chi connectivity index (χ1n) is 7.99. The zero-order valence-electron chi connectivity index (χ0n) is 15.8. The first kappa shape index (κ1) is 19.3. The van der Waals surface area contributed by atoms with Gasteiger partial charge in [0.2, 0.25) is 5.75 Å². The van der Waals surface area contributed by atoms with Crippen LogP contribution in [0.5, 0.6) is 17.2 Å². The third-order valence-electron chi connectivity index (χ3n) is 3.31. The van der Waals surface area contributed by atoms with Gasteiger partial charge in [-0.25, -0.2) is 9.97 Å². The van der Waals surface area contributed by atoms with Gasteiger partial charge in [0.05, 0.1) is 33.7 Å². The van der Waals surface area contributed by atoms with Crippen molar-refractivity contribution in [3.8, 4) is 17.2 Å². The minimum absolute atomic E-state index is 0.144. The summed E-state index contributed by atoms with van der Waals surface area (Å²) in [6, 6.07) is 3.28.